The molecule has 2 aliphatic rings. The number of Topliss-reactive ketones (excluding diaryl/α,β-unsaturated/α-hetero) is 1. The van der Waals surface area contributed by atoms with Crippen molar-refractivity contribution in [2.75, 3.05) is 26.9 Å². The van der Waals surface area contributed by atoms with Crippen LogP contribution in [0.25, 0.3) is 0 Å². The molecule has 58 heavy (non-hydrogen) atoms. The third-order valence-corrected chi connectivity index (χ3v) is 9.82. The van der Waals surface area contributed by atoms with Gasteiger partial charge in [-0.1, -0.05) is 35.9 Å². The van der Waals surface area contributed by atoms with E-state index in [4.69, 9.17) is 23.7 Å². The molecule has 0 aliphatic carbocycles. The molecule has 0 radical (unpaired) electrons. The Morgan fingerprint density at radius 1 is 1.02 bits per heavy atom. The monoisotopic (exact) mass is 812 g/mol. The number of rotatable bonds is 18. The van der Waals surface area contributed by atoms with Crippen LogP contribution in [0.5, 0.6) is 23.0 Å². The second-order valence-corrected chi connectivity index (χ2v) is 14.5. The van der Waals surface area contributed by atoms with Crippen LogP contribution in [0.15, 0.2) is 48.2 Å². The van der Waals surface area contributed by atoms with E-state index in [0.29, 0.717) is 48.6 Å². The van der Waals surface area contributed by atoms with Crippen molar-refractivity contribution in [3.63, 3.8) is 0 Å². The molecule has 1 aromatic heterocycles. The number of phenolic OH excluding ortho intramolecular Hbond substituents is 2. The fraction of sp³-hybridized carbons (Fsp3) is 0.525. The summed E-state index contributed by atoms with van der Waals surface area (Å²) in [6.45, 7) is 5.88. The first-order valence-electron chi connectivity index (χ1n) is 19.1. The molecule has 2 aliphatic heterocycles. The molecule has 0 saturated carbocycles. The van der Waals surface area contributed by atoms with Gasteiger partial charge in [0.2, 0.25) is 17.8 Å². The molecule has 3 aromatic rings. The molecule has 3 heterocycles. The summed E-state index contributed by atoms with van der Waals surface area (Å²) in [5.74, 6) is -2.56. The Kier molecular flexibility index (Phi) is 15.2. The number of carbonyl (C=O) groups excluding carboxylic acids is 3. The van der Waals surface area contributed by atoms with Crippen LogP contribution in [-0.2, 0) is 30.4 Å². The number of unbranched alkanes of at least 4 members (excludes halogenated alkanes) is 2. The first-order valence-corrected chi connectivity index (χ1v) is 19.1. The molecule has 0 bridgehead atoms. The van der Waals surface area contributed by atoms with Crippen LogP contribution < -0.4 is 14.8 Å². The highest BCUT2D eigenvalue weighted by atomic mass is 16.6. The summed E-state index contributed by atoms with van der Waals surface area (Å²) in [5, 5.41) is 71.9. The molecule has 0 spiro atoms. The molecule has 18 heteroatoms. The van der Waals surface area contributed by atoms with E-state index in [9.17, 15) is 45.0 Å². The summed E-state index contributed by atoms with van der Waals surface area (Å²) >= 11 is 0. The standard InChI is InChI=1S/C40H52N4O14/c1-21(2)16-22(3)31-26(46)17-27(47)32-34(51)39(37(58-38(31)32)23-8-10-25(54-4)11-9-23)57-30(49)13-12-29(48)41-14-6-5-7-15-55-20-24-18-44(43-42-24)40-36(53)35(52)33(50)28(19-45)56-40/h8-11,16-18,22,28,33,35-37,39-40,45-47,50,52-53H,5-7,12-15,19-20H2,1-4H3,(H,41,48)/t22?,28-,33-,35+,36-,37?,39?,40-/m1/s1. The Hall–Kier alpha value is -5.11. The molecule has 1 amide bonds. The van der Waals surface area contributed by atoms with Crippen LogP contribution >= 0.6 is 0 Å². The number of ether oxygens (including phenoxy) is 5. The molecule has 3 unspecified atom stereocenters. The van der Waals surface area contributed by atoms with Crippen molar-refractivity contribution in [1.82, 2.24) is 20.3 Å². The lowest BCUT2D eigenvalue weighted by Gasteiger charge is -2.39. The number of aliphatic hydroxyl groups excluding tert-OH is 4. The van der Waals surface area contributed by atoms with E-state index in [1.807, 2.05) is 26.8 Å². The summed E-state index contributed by atoms with van der Waals surface area (Å²) in [4.78, 5) is 39.7. The van der Waals surface area contributed by atoms with Gasteiger partial charge in [-0.3, -0.25) is 14.4 Å². The van der Waals surface area contributed by atoms with E-state index in [1.54, 1.807) is 24.3 Å². The minimum atomic E-state index is -1.54. The minimum absolute atomic E-state index is 0.00861. The third kappa shape index (κ3) is 10.5. The van der Waals surface area contributed by atoms with Gasteiger partial charge in [-0.2, -0.15) is 0 Å². The Bertz CT molecular complexity index is 1910. The van der Waals surface area contributed by atoms with Crippen molar-refractivity contribution in [2.24, 2.45) is 0 Å². The molecule has 316 valence electrons. The Morgan fingerprint density at radius 3 is 2.45 bits per heavy atom. The fourth-order valence-corrected chi connectivity index (χ4v) is 6.87. The number of aromatic nitrogens is 3. The number of amides is 1. The van der Waals surface area contributed by atoms with Crippen molar-refractivity contribution in [3.8, 4) is 23.0 Å². The number of hydrogen-bond donors (Lipinski definition) is 7. The van der Waals surface area contributed by atoms with Crippen LogP contribution in [0, 0.1) is 0 Å². The SMILES string of the molecule is COc1ccc(C2Oc3c(c(O)cc(O)c3C(C)C=C(C)C)C(=O)C2OC(=O)CCC(=O)NCCCCCOCc2cn([C@@H]3O[C@H](CO)[C@@H](O)[C@H](O)[C@H]3O)nn2)cc1. The molecule has 8 atom stereocenters. The highest BCUT2D eigenvalue weighted by Crippen LogP contribution is 2.49. The highest BCUT2D eigenvalue weighted by Gasteiger charge is 2.46. The number of carbonyl (C=O) groups is 3. The third-order valence-electron chi connectivity index (χ3n) is 9.82. The van der Waals surface area contributed by atoms with Gasteiger partial charge in [0, 0.05) is 37.1 Å². The average molecular weight is 813 g/mol. The van der Waals surface area contributed by atoms with Crippen LogP contribution in [-0.4, -0.2) is 121 Å². The number of fused-ring (bicyclic) bond motifs is 1. The van der Waals surface area contributed by atoms with E-state index in [-0.39, 0.29) is 42.4 Å². The number of allylic oxidation sites excluding steroid dienone is 2. The number of phenols is 2. The number of methoxy groups -OCH3 is 1. The Labute approximate surface area is 334 Å². The maximum atomic E-state index is 14.0. The van der Waals surface area contributed by atoms with Gasteiger partial charge in [0.05, 0.1) is 32.9 Å². The number of aromatic hydroxyl groups is 2. The maximum Gasteiger partial charge on any atom is 0.307 e. The van der Waals surface area contributed by atoms with Crippen LogP contribution in [0.4, 0.5) is 0 Å². The second-order valence-electron chi connectivity index (χ2n) is 14.5. The van der Waals surface area contributed by atoms with Gasteiger partial charge >= 0.3 is 5.97 Å². The van der Waals surface area contributed by atoms with Crippen molar-refractivity contribution >= 4 is 17.7 Å². The predicted molar refractivity (Wildman–Crippen MR) is 203 cm³/mol. The van der Waals surface area contributed by atoms with Crippen molar-refractivity contribution in [2.45, 2.75) is 108 Å². The number of nitrogens with zero attached hydrogens (tertiary/aromatic N) is 3. The van der Waals surface area contributed by atoms with Gasteiger partial charge < -0.3 is 59.6 Å². The number of hydrogen-bond acceptors (Lipinski definition) is 16. The first-order chi connectivity index (χ1) is 27.7. The number of aliphatic hydroxyl groups is 4. The van der Waals surface area contributed by atoms with Crippen molar-refractivity contribution < 1.29 is 68.7 Å². The van der Waals surface area contributed by atoms with Gasteiger partial charge in [-0.05, 0) is 50.8 Å². The lowest BCUT2D eigenvalue weighted by atomic mass is 9.87. The fourth-order valence-electron chi connectivity index (χ4n) is 6.87. The van der Waals surface area contributed by atoms with Gasteiger partial charge in [0.1, 0.15) is 58.7 Å². The number of nitrogens with one attached hydrogen (secondary N) is 1. The molecule has 5 rings (SSSR count). The topological polar surface area (TPSA) is 261 Å². The Morgan fingerprint density at radius 2 is 1.76 bits per heavy atom. The van der Waals surface area contributed by atoms with Crippen LogP contribution in [0.3, 0.4) is 0 Å². The predicted octanol–water partition coefficient (Wildman–Crippen LogP) is 2.25. The van der Waals surface area contributed by atoms with E-state index in [1.165, 1.54) is 18.0 Å². The van der Waals surface area contributed by atoms with E-state index in [0.717, 1.165) is 18.1 Å². The first kappa shape index (κ1) is 44.0. The molecule has 18 nitrogen and oxygen atoms in total. The van der Waals surface area contributed by atoms with Crippen molar-refractivity contribution in [3.05, 3.63) is 70.6 Å². The van der Waals surface area contributed by atoms with Gasteiger partial charge in [0.25, 0.3) is 0 Å². The lowest BCUT2D eigenvalue weighted by Crippen LogP contribution is -2.56. The zero-order chi connectivity index (χ0) is 42.1. The lowest BCUT2D eigenvalue weighted by molar-refractivity contribution is -0.254. The van der Waals surface area contributed by atoms with Gasteiger partial charge in [-0.25, -0.2) is 4.68 Å². The Balaban J connectivity index is 1.08. The average Bonchev–Trinajstić information content (AvgIpc) is 3.66. The molecule has 2 aromatic carbocycles. The summed E-state index contributed by atoms with van der Waals surface area (Å²) in [6.07, 6.45) is -4.54. The van der Waals surface area contributed by atoms with E-state index >= 15 is 0 Å². The van der Waals surface area contributed by atoms with E-state index in [2.05, 4.69) is 15.6 Å². The normalized spacial score (nSPS) is 23.3. The summed E-state index contributed by atoms with van der Waals surface area (Å²) in [7, 11) is 1.51. The van der Waals surface area contributed by atoms with E-state index < -0.39 is 72.9 Å². The summed E-state index contributed by atoms with van der Waals surface area (Å²) in [5.41, 5.74) is 1.95. The smallest absolute Gasteiger partial charge is 0.307 e. The minimum Gasteiger partial charge on any atom is -0.507 e. The van der Waals surface area contributed by atoms with Crippen molar-refractivity contribution in [1.29, 1.82) is 0 Å². The molecular formula is C40H52N4O14. The molecule has 7 N–H and O–H groups in total. The number of ketones is 1. The largest absolute Gasteiger partial charge is 0.507 e. The van der Waals surface area contributed by atoms with Crippen LogP contribution in [0.1, 0.15) is 98.3 Å². The molecular weight excluding hydrogens is 760 g/mol. The quantitative estimate of drug-likeness (QED) is 0.0552. The van der Waals surface area contributed by atoms with Gasteiger partial charge in [-0.15, -0.1) is 5.10 Å². The van der Waals surface area contributed by atoms with Crippen LogP contribution in [0.2, 0.25) is 0 Å². The summed E-state index contributed by atoms with van der Waals surface area (Å²) in [6, 6.07) is 7.71. The highest BCUT2D eigenvalue weighted by molar-refractivity contribution is 6.07. The summed E-state index contributed by atoms with van der Waals surface area (Å²) < 4.78 is 29.6. The second kappa shape index (κ2) is 20.0. The number of benzene rings is 2. The zero-order valence-corrected chi connectivity index (χ0v) is 32.8. The zero-order valence-electron chi connectivity index (χ0n) is 32.8. The molecule has 1 fully saturated rings. The van der Waals surface area contributed by atoms with Gasteiger partial charge in [0.15, 0.2) is 12.3 Å². The molecule has 1 saturated heterocycles. The maximum absolute atomic E-state index is 14.0. The number of esters is 1.